The second kappa shape index (κ2) is 1.83. The molecule has 1 unspecified atom stereocenters. The number of carbonyl (C=O) groups is 1. The number of amides is 1. The molecule has 4 nitrogen and oxygen atoms in total. The molecule has 2 rings (SSSR count). The SMILES string of the molecule is O=C1NCN=C2NC=CC12. The van der Waals surface area contributed by atoms with E-state index in [1.54, 1.807) is 12.3 Å². The van der Waals surface area contributed by atoms with E-state index in [4.69, 9.17) is 0 Å². The molecule has 0 radical (unpaired) electrons. The smallest absolute Gasteiger partial charge is 0.236 e. The van der Waals surface area contributed by atoms with Crippen LogP contribution in [0.4, 0.5) is 0 Å². The summed E-state index contributed by atoms with van der Waals surface area (Å²) in [5.74, 6) is 0.642. The first-order valence-electron chi connectivity index (χ1n) is 3.13. The molecule has 0 aromatic heterocycles. The molecule has 2 aliphatic rings. The first-order valence-corrected chi connectivity index (χ1v) is 3.13. The highest BCUT2D eigenvalue weighted by molar-refractivity contribution is 6.08. The number of nitrogens with zero attached hydrogens (tertiary/aromatic N) is 1. The van der Waals surface area contributed by atoms with Crippen LogP contribution in [0, 0.1) is 5.92 Å². The summed E-state index contributed by atoms with van der Waals surface area (Å²) in [6.45, 7) is 0.402. The molecule has 0 bridgehead atoms. The van der Waals surface area contributed by atoms with Gasteiger partial charge in [0.15, 0.2) is 0 Å². The summed E-state index contributed by atoms with van der Waals surface area (Å²) in [5, 5.41) is 5.53. The summed E-state index contributed by atoms with van der Waals surface area (Å²) >= 11 is 0. The standard InChI is InChI=1S/C6H7N3O/c10-6-4-1-2-7-5(4)8-3-9-6/h1-2,4H,3H2,(H,7,8)(H,9,10). The van der Waals surface area contributed by atoms with Crippen LogP contribution in [0.1, 0.15) is 0 Å². The lowest BCUT2D eigenvalue weighted by Gasteiger charge is -2.14. The molecule has 0 fully saturated rings. The van der Waals surface area contributed by atoms with E-state index < -0.39 is 0 Å². The van der Waals surface area contributed by atoms with Crippen molar-refractivity contribution in [1.29, 1.82) is 0 Å². The van der Waals surface area contributed by atoms with Crippen LogP contribution in [0.3, 0.4) is 0 Å². The van der Waals surface area contributed by atoms with Gasteiger partial charge < -0.3 is 10.6 Å². The number of rotatable bonds is 0. The van der Waals surface area contributed by atoms with Crippen LogP contribution in [0.15, 0.2) is 17.3 Å². The highest BCUT2D eigenvalue weighted by atomic mass is 16.2. The van der Waals surface area contributed by atoms with Crippen molar-refractivity contribution in [1.82, 2.24) is 10.6 Å². The zero-order valence-corrected chi connectivity index (χ0v) is 5.29. The summed E-state index contributed by atoms with van der Waals surface area (Å²) in [5.41, 5.74) is 0. The molecule has 2 aliphatic heterocycles. The Kier molecular flexibility index (Phi) is 1.00. The molecule has 4 heteroatoms. The molecular weight excluding hydrogens is 130 g/mol. The van der Waals surface area contributed by atoms with E-state index in [0.717, 1.165) is 5.84 Å². The molecule has 0 saturated carbocycles. The highest BCUT2D eigenvalue weighted by Gasteiger charge is 2.27. The first-order chi connectivity index (χ1) is 4.88. The minimum Gasteiger partial charge on any atom is -0.350 e. The van der Waals surface area contributed by atoms with Gasteiger partial charge in [0.25, 0.3) is 0 Å². The summed E-state index contributed by atoms with van der Waals surface area (Å²) in [7, 11) is 0. The molecule has 0 spiro atoms. The van der Waals surface area contributed by atoms with Gasteiger partial charge >= 0.3 is 0 Å². The minimum absolute atomic E-state index is 0.0336. The van der Waals surface area contributed by atoms with Gasteiger partial charge in [0.05, 0.1) is 0 Å². The van der Waals surface area contributed by atoms with E-state index in [0.29, 0.717) is 6.67 Å². The van der Waals surface area contributed by atoms with E-state index in [1.165, 1.54) is 0 Å². The Morgan fingerprint density at radius 3 is 3.40 bits per heavy atom. The Balaban J connectivity index is 2.33. The number of amidine groups is 1. The maximum absolute atomic E-state index is 11.0. The van der Waals surface area contributed by atoms with Gasteiger partial charge in [-0.15, -0.1) is 0 Å². The second-order valence-electron chi connectivity index (χ2n) is 2.22. The Morgan fingerprint density at radius 1 is 1.70 bits per heavy atom. The van der Waals surface area contributed by atoms with E-state index in [9.17, 15) is 4.79 Å². The Bertz CT molecular complexity index is 231. The lowest BCUT2D eigenvalue weighted by Crippen LogP contribution is -2.40. The lowest BCUT2D eigenvalue weighted by molar-refractivity contribution is -0.122. The minimum atomic E-state index is -0.159. The largest absolute Gasteiger partial charge is 0.350 e. The molecular formula is C6H7N3O. The first kappa shape index (κ1) is 5.46. The zero-order valence-electron chi connectivity index (χ0n) is 5.29. The van der Waals surface area contributed by atoms with Crippen molar-refractivity contribution in [3.8, 4) is 0 Å². The van der Waals surface area contributed by atoms with Crippen LogP contribution < -0.4 is 10.6 Å². The molecule has 2 heterocycles. The van der Waals surface area contributed by atoms with Crippen molar-refractivity contribution < 1.29 is 4.79 Å². The Morgan fingerprint density at radius 2 is 2.60 bits per heavy atom. The van der Waals surface area contributed by atoms with Crippen LogP contribution in [-0.4, -0.2) is 18.4 Å². The van der Waals surface area contributed by atoms with Gasteiger partial charge in [0.2, 0.25) is 5.91 Å². The van der Waals surface area contributed by atoms with Crippen LogP contribution >= 0.6 is 0 Å². The highest BCUT2D eigenvalue weighted by Crippen LogP contribution is 2.09. The van der Waals surface area contributed by atoms with Gasteiger partial charge in [-0.1, -0.05) is 0 Å². The number of fused-ring (bicyclic) bond motifs is 1. The molecule has 0 aromatic carbocycles. The average Bonchev–Trinajstić information content (AvgIpc) is 2.36. The molecule has 10 heavy (non-hydrogen) atoms. The van der Waals surface area contributed by atoms with Crippen LogP contribution in [0.25, 0.3) is 0 Å². The van der Waals surface area contributed by atoms with Crippen molar-refractivity contribution in [3.05, 3.63) is 12.3 Å². The zero-order chi connectivity index (χ0) is 6.97. The number of nitrogens with one attached hydrogen (secondary N) is 2. The topological polar surface area (TPSA) is 53.5 Å². The van der Waals surface area contributed by atoms with Gasteiger partial charge in [0.1, 0.15) is 18.4 Å². The maximum Gasteiger partial charge on any atom is 0.236 e. The number of carbonyl (C=O) groups excluding carboxylic acids is 1. The van der Waals surface area contributed by atoms with Gasteiger partial charge in [-0.2, -0.15) is 0 Å². The number of aliphatic imine (C=N–C) groups is 1. The molecule has 1 amide bonds. The monoisotopic (exact) mass is 137 g/mol. The fourth-order valence-electron chi connectivity index (χ4n) is 1.08. The summed E-state index contributed by atoms with van der Waals surface area (Å²) in [6, 6.07) is 0. The van der Waals surface area contributed by atoms with Gasteiger partial charge in [0, 0.05) is 0 Å². The normalized spacial score (nSPS) is 28.6. The van der Waals surface area contributed by atoms with Crippen molar-refractivity contribution in [2.24, 2.45) is 10.9 Å². The molecule has 1 atom stereocenters. The van der Waals surface area contributed by atoms with Crippen molar-refractivity contribution in [2.75, 3.05) is 6.67 Å². The summed E-state index contributed by atoms with van der Waals surface area (Å²) in [4.78, 5) is 15.0. The predicted octanol–water partition coefficient (Wildman–Crippen LogP) is -0.795. The van der Waals surface area contributed by atoms with Crippen LogP contribution in [-0.2, 0) is 4.79 Å². The quantitative estimate of drug-likeness (QED) is 0.459. The van der Waals surface area contributed by atoms with E-state index in [1.807, 2.05) is 0 Å². The average molecular weight is 137 g/mol. The van der Waals surface area contributed by atoms with Crippen LogP contribution in [0.2, 0.25) is 0 Å². The molecule has 2 N–H and O–H groups in total. The third kappa shape index (κ3) is 0.618. The third-order valence-electron chi connectivity index (χ3n) is 1.60. The van der Waals surface area contributed by atoms with E-state index >= 15 is 0 Å². The molecule has 0 aromatic rings. The Hall–Kier alpha value is -1.32. The fourth-order valence-corrected chi connectivity index (χ4v) is 1.08. The van der Waals surface area contributed by atoms with Crippen molar-refractivity contribution >= 4 is 11.7 Å². The van der Waals surface area contributed by atoms with Gasteiger partial charge in [-0.25, -0.2) is 4.99 Å². The molecule has 0 saturated heterocycles. The summed E-state index contributed by atoms with van der Waals surface area (Å²) in [6.07, 6.45) is 3.54. The van der Waals surface area contributed by atoms with Gasteiger partial charge in [-0.3, -0.25) is 4.79 Å². The second-order valence-corrected chi connectivity index (χ2v) is 2.22. The Labute approximate surface area is 58.0 Å². The van der Waals surface area contributed by atoms with E-state index in [2.05, 4.69) is 15.6 Å². The predicted molar refractivity (Wildman–Crippen MR) is 36.2 cm³/mol. The third-order valence-corrected chi connectivity index (χ3v) is 1.60. The van der Waals surface area contributed by atoms with Crippen molar-refractivity contribution in [2.45, 2.75) is 0 Å². The number of hydrogen-bond donors (Lipinski definition) is 2. The van der Waals surface area contributed by atoms with Gasteiger partial charge in [-0.05, 0) is 12.3 Å². The van der Waals surface area contributed by atoms with E-state index in [-0.39, 0.29) is 11.8 Å². The van der Waals surface area contributed by atoms with Crippen LogP contribution in [0.5, 0.6) is 0 Å². The summed E-state index contributed by atoms with van der Waals surface area (Å²) < 4.78 is 0. The maximum atomic E-state index is 11.0. The fraction of sp³-hybridized carbons (Fsp3) is 0.333. The van der Waals surface area contributed by atoms with Crippen molar-refractivity contribution in [3.63, 3.8) is 0 Å². The molecule has 0 aliphatic carbocycles. The molecule has 52 valence electrons. The lowest BCUT2D eigenvalue weighted by atomic mass is 10.1. The number of hydrogen-bond acceptors (Lipinski definition) is 3.